The molecule has 0 heterocycles. The Morgan fingerprint density at radius 2 is 1.54 bits per heavy atom. The van der Waals surface area contributed by atoms with Crippen LogP contribution in [0, 0.1) is 0 Å². The van der Waals surface area contributed by atoms with Crippen LogP contribution in [0.25, 0.3) is 0 Å². The molecule has 0 radical (unpaired) electrons. The summed E-state index contributed by atoms with van der Waals surface area (Å²) in [6, 6.07) is 9.41. The van der Waals surface area contributed by atoms with E-state index in [9.17, 15) is 13.8 Å². The Morgan fingerprint density at radius 3 is 2.11 bits per heavy atom. The molecular weight excluding hydrogens is 443 g/mol. The van der Waals surface area contributed by atoms with Crippen molar-refractivity contribution in [2.75, 3.05) is 17.3 Å². The van der Waals surface area contributed by atoms with Crippen LogP contribution < -0.4 is 10.6 Å². The van der Waals surface area contributed by atoms with Crippen LogP contribution >= 0.6 is 34.8 Å². The summed E-state index contributed by atoms with van der Waals surface area (Å²) in [4.78, 5) is 25.5. The van der Waals surface area contributed by atoms with Crippen LogP contribution in [0.15, 0.2) is 36.4 Å². The summed E-state index contributed by atoms with van der Waals surface area (Å²) < 4.78 is 11.5. The van der Waals surface area contributed by atoms with Gasteiger partial charge in [-0.05, 0) is 38.1 Å². The summed E-state index contributed by atoms with van der Waals surface area (Å²) in [5.41, 5.74) is -0.0764. The van der Waals surface area contributed by atoms with Crippen LogP contribution in [0.2, 0.25) is 15.1 Å². The zero-order valence-corrected chi connectivity index (χ0v) is 18.5. The van der Waals surface area contributed by atoms with E-state index in [2.05, 4.69) is 10.6 Å². The molecule has 150 valence electrons. The molecule has 0 aliphatic rings. The van der Waals surface area contributed by atoms with E-state index >= 15 is 0 Å². The lowest BCUT2D eigenvalue weighted by Gasteiger charge is -2.25. The number of hydrogen-bond acceptors (Lipinski definition) is 3. The van der Waals surface area contributed by atoms with Crippen molar-refractivity contribution in [1.29, 1.82) is 0 Å². The Balaban J connectivity index is 2.28. The average Bonchev–Trinajstić information content (AvgIpc) is 2.60. The number of amides is 2. The molecule has 5 nitrogen and oxygen atoms in total. The fourth-order valence-electron chi connectivity index (χ4n) is 2.61. The summed E-state index contributed by atoms with van der Waals surface area (Å²) >= 11 is 18.0. The first kappa shape index (κ1) is 22.7. The van der Waals surface area contributed by atoms with E-state index in [1.807, 2.05) is 0 Å². The van der Waals surface area contributed by atoms with Gasteiger partial charge in [-0.25, -0.2) is 0 Å². The molecule has 0 fully saturated rings. The van der Waals surface area contributed by atoms with Crippen LogP contribution in [0.3, 0.4) is 0 Å². The Bertz CT molecular complexity index is 948. The van der Waals surface area contributed by atoms with Gasteiger partial charge in [-0.15, -0.1) is 0 Å². The molecule has 1 atom stereocenters. The smallest absolute Gasteiger partial charge is 0.256 e. The van der Waals surface area contributed by atoms with Crippen molar-refractivity contribution in [2.24, 2.45) is 0 Å². The maximum Gasteiger partial charge on any atom is 0.256 e. The Kier molecular flexibility index (Phi) is 7.51. The molecule has 1 unspecified atom stereocenters. The van der Waals surface area contributed by atoms with Gasteiger partial charge in [-0.2, -0.15) is 0 Å². The third-order valence-corrected chi connectivity index (χ3v) is 6.14. The van der Waals surface area contributed by atoms with E-state index in [0.29, 0.717) is 0 Å². The Morgan fingerprint density at radius 1 is 0.964 bits per heavy atom. The lowest BCUT2D eigenvalue weighted by molar-refractivity contribution is 0.0910. The van der Waals surface area contributed by atoms with E-state index < -0.39 is 28.2 Å². The molecule has 0 saturated carbocycles. The van der Waals surface area contributed by atoms with Crippen molar-refractivity contribution in [3.05, 3.63) is 62.6 Å². The van der Waals surface area contributed by atoms with Crippen LogP contribution in [0.5, 0.6) is 0 Å². The van der Waals surface area contributed by atoms with Crippen molar-refractivity contribution in [3.63, 3.8) is 0 Å². The zero-order valence-electron chi connectivity index (χ0n) is 15.4. The van der Waals surface area contributed by atoms with Gasteiger partial charge in [-0.1, -0.05) is 46.9 Å². The SMILES string of the molecule is CS(=O)CC(C)(C)NC(=O)c1ccccc1C(=O)Nc1ccc(Cl)c(Cl)c1Cl. The summed E-state index contributed by atoms with van der Waals surface area (Å²) in [5.74, 6) is -0.684. The van der Waals surface area contributed by atoms with Gasteiger partial charge in [-0.3, -0.25) is 13.8 Å². The molecular formula is C19H19Cl3N2O3S. The van der Waals surface area contributed by atoms with Crippen LogP contribution in [0.1, 0.15) is 34.6 Å². The van der Waals surface area contributed by atoms with Crippen LogP contribution in [0.4, 0.5) is 5.69 Å². The molecule has 28 heavy (non-hydrogen) atoms. The minimum Gasteiger partial charge on any atom is -0.346 e. The van der Waals surface area contributed by atoms with Crippen molar-refractivity contribution in [1.82, 2.24) is 5.32 Å². The third kappa shape index (κ3) is 5.70. The molecule has 0 saturated heterocycles. The minimum atomic E-state index is -1.09. The van der Waals surface area contributed by atoms with E-state index in [4.69, 9.17) is 34.8 Å². The number of carbonyl (C=O) groups is 2. The predicted octanol–water partition coefficient (Wildman–Crippen LogP) is 4.79. The van der Waals surface area contributed by atoms with Gasteiger partial charge in [0, 0.05) is 28.3 Å². The number of hydrogen-bond donors (Lipinski definition) is 2. The van der Waals surface area contributed by atoms with Crippen LogP contribution in [-0.4, -0.2) is 33.6 Å². The Labute approximate surface area is 181 Å². The first-order valence-electron chi connectivity index (χ1n) is 8.18. The number of nitrogens with one attached hydrogen (secondary N) is 2. The summed E-state index contributed by atoms with van der Waals surface area (Å²) in [6.07, 6.45) is 1.57. The van der Waals surface area contributed by atoms with Gasteiger partial charge in [0.2, 0.25) is 0 Å². The number of carbonyl (C=O) groups excluding carboxylic acids is 2. The van der Waals surface area contributed by atoms with E-state index in [-0.39, 0.29) is 37.6 Å². The van der Waals surface area contributed by atoms with Crippen molar-refractivity contribution >= 4 is 63.1 Å². The Hall–Kier alpha value is -1.60. The lowest BCUT2D eigenvalue weighted by atomic mass is 10.0. The van der Waals surface area contributed by atoms with Crippen molar-refractivity contribution in [3.8, 4) is 0 Å². The predicted molar refractivity (Wildman–Crippen MR) is 116 cm³/mol. The fourth-order valence-corrected chi connectivity index (χ4v) is 4.28. The first-order chi connectivity index (χ1) is 13.0. The molecule has 9 heteroatoms. The van der Waals surface area contributed by atoms with Crippen molar-refractivity contribution < 1.29 is 13.8 Å². The average molecular weight is 462 g/mol. The lowest BCUT2D eigenvalue weighted by Crippen LogP contribution is -2.47. The summed E-state index contributed by atoms with van der Waals surface area (Å²) in [6.45, 7) is 3.54. The van der Waals surface area contributed by atoms with E-state index in [1.54, 1.807) is 38.3 Å². The van der Waals surface area contributed by atoms with Gasteiger partial charge in [0.15, 0.2) is 0 Å². The molecule has 2 N–H and O–H groups in total. The number of benzene rings is 2. The van der Waals surface area contributed by atoms with Crippen molar-refractivity contribution in [2.45, 2.75) is 19.4 Å². The quantitative estimate of drug-likeness (QED) is 0.608. The van der Waals surface area contributed by atoms with E-state index in [0.717, 1.165) is 0 Å². The standard InChI is InChI=1S/C19H19Cl3N2O3S/c1-19(2,10-28(3)27)24-18(26)12-7-5-4-6-11(12)17(25)23-14-9-8-13(20)15(21)16(14)22/h4-9H,10H2,1-3H3,(H,23,25)(H,24,26). The zero-order chi connectivity index (χ0) is 21.1. The molecule has 0 aliphatic heterocycles. The largest absolute Gasteiger partial charge is 0.346 e. The second-order valence-corrected chi connectivity index (χ2v) is 9.38. The third-order valence-electron chi connectivity index (χ3n) is 3.72. The topological polar surface area (TPSA) is 75.3 Å². The molecule has 2 aromatic rings. The number of anilines is 1. The molecule has 2 aromatic carbocycles. The highest BCUT2D eigenvalue weighted by atomic mass is 35.5. The highest BCUT2D eigenvalue weighted by molar-refractivity contribution is 7.84. The summed E-state index contributed by atoms with van der Waals surface area (Å²) in [7, 11) is -1.09. The second-order valence-electron chi connectivity index (χ2n) is 6.78. The second kappa shape index (κ2) is 9.27. The van der Waals surface area contributed by atoms with E-state index in [1.165, 1.54) is 18.2 Å². The highest BCUT2D eigenvalue weighted by Crippen LogP contribution is 2.35. The normalized spacial score (nSPS) is 12.4. The fraction of sp³-hybridized carbons (Fsp3) is 0.263. The maximum absolute atomic E-state index is 12.8. The molecule has 2 amide bonds. The van der Waals surface area contributed by atoms with Gasteiger partial charge in [0.1, 0.15) is 0 Å². The number of halogens is 3. The van der Waals surface area contributed by atoms with Gasteiger partial charge < -0.3 is 10.6 Å². The molecule has 2 rings (SSSR count). The molecule has 0 aliphatic carbocycles. The van der Waals surface area contributed by atoms with Gasteiger partial charge in [0.05, 0.1) is 31.9 Å². The minimum absolute atomic E-state index is 0.107. The monoisotopic (exact) mass is 460 g/mol. The summed E-state index contributed by atoms with van der Waals surface area (Å²) in [5, 5.41) is 5.95. The first-order valence-corrected chi connectivity index (χ1v) is 11.0. The van der Waals surface area contributed by atoms with Crippen LogP contribution in [-0.2, 0) is 10.8 Å². The maximum atomic E-state index is 12.8. The van der Waals surface area contributed by atoms with Gasteiger partial charge in [0.25, 0.3) is 11.8 Å². The van der Waals surface area contributed by atoms with Gasteiger partial charge >= 0.3 is 0 Å². The molecule has 0 spiro atoms. The highest BCUT2D eigenvalue weighted by Gasteiger charge is 2.25. The number of rotatable bonds is 6. The molecule has 0 bridgehead atoms. The molecule has 0 aromatic heterocycles.